The van der Waals surface area contributed by atoms with Crippen LogP contribution < -0.4 is 5.56 Å². The largest absolute Gasteiger partial charge is 0.336 e. The van der Waals surface area contributed by atoms with Gasteiger partial charge in [0.2, 0.25) is 5.91 Å². The van der Waals surface area contributed by atoms with Crippen LogP contribution in [0.15, 0.2) is 17.1 Å². The summed E-state index contributed by atoms with van der Waals surface area (Å²) in [6.07, 6.45) is 2.51. The Morgan fingerprint density at radius 1 is 1.38 bits per heavy atom. The van der Waals surface area contributed by atoms with Crippen molar-refractivity contribution in [3.8, 4) is 6.07 Å². The van der Waals surface area contributed by atoms with E-state index in [-0.39, 0.29) is 30.1 Å². The van der Waals surface area contributed by atoms with Crippen LogP contribution in [-0.4, -0.2) is 32.4 Å². The van der Waals surface area contributed by atoms with Gasteiger partial charge in [0.1, 0.15) is 18.2 Å². The van der Waals surface area contributed by atoms with Crippen LogP contribution in [-0.2, 0) is 11.3 Å². The molecule has 0 fully saturated rings. The van der Waals surface area contributed by atoms with Crippen LogP contribution >= 0.6 is 0 Å². The number of aromatic nitrogens is 1. The molecule has 1 amide bonds. The number of pyridine rings is 1. The van der Waals surface area contributed by atoms with E-state index in [1.165, 1.54) is 0 Å². The summed E-state index contributed by atoms with van der Waals surface area (Å²) in [7, 11) is 0. The highest BCUT2D eigenvalue weighted by Crippen LogP contribution is 2.14. The molecule has 130 valence electrons. The van der Waals surface area contributed by atoms with Crippen LogP contribution in [0.2, 0.25) is 0 Å². The van der Waals surface area contributed by atoms with Gasteiger partial charge in [-0.15, -0.1) is 0 Å². The molecule has 1 aromatic rings. The van der Waals surface area contributed by atoms with Gasteiger partial charge in [-0.2, -0.15) is 5.26 Å². The van der Waals surface area contributed by atoms with Crippen molar-refractivity contribution < 1.29 is 9.72 Å². The fourth-order valence-electron chi connectivity index (χ4n) is 2.46. The Morgan fingerprint density at radius 2 is 1.92 bits per heavy atom. The molecule has 2 atom stereocenters. The third-order valence-electron chi connectivity index (χ3n) is 4.13. The summed E-state index contributed by atoms with van der Waals surface area (Å²) >= 11 is 0. The van der Waals surface area contributed by atoms with E-state index >= 15 is 0 Å². The van der Waals surface area contributed by atoms with Gasteiger partial charge in [0.15, 0.2) is 0 Å². The number of hydrogen-bond acceptors (Lipinski definition) is 5. The predicted octanol–water partition coefficient (Wildman–Crippen LogP) is 2.05. The lowest BCUT2D eigenvalue weighted by Gasteiger charge is -2.34. The molecule has 0 bridgehead atoms. The van der Waals surface area contributed by atoms with E-state index in [0.29, 0.717) is 0 Å². The van der Waals surface area contributed by atoms with E-state index in [4.69, 9.17) is 5.26 Å². The van der Waals surface area contributed by atoms with Crippen molar-refractivity contribution in [2.24, 2.45) is 0 Å². The van der Waals surface area contributed by atoms with Crippen LogP contribution in [0.25, 0.3) is 0 Å². The standard InChI is InChI=1S/C16H22N4O4/c1-5-11(3)19(12(4)6-2)15(21)10-18-9-14(20(23)24)7-13(8-17)16(18)22/h7,9,11-12H,5-6,10H2,1-4H3/t11-,12+. The van der Waals surface area contributed by atoms with E-state index in [1.54, 1.807) is 11.0 Å². The second kappa shape index (κ2) is 8.24. The Bertz CT molecular complexity index is 710. The second-order valence-electron chi connectivity index (χ2n) is 5.73. The van der Waals surface area contributed by atoms with Crippen molar-refractivity contribution in [3.63, 3.8) is 0 Å². The van der Waals surface area contributed by atoms with E-state index < -0.39 is 16.2 Å². The zero-order chi connectivity index (χ0) is 18.4. The third kappa shape index (κ3) is 4.19. The Morgan fingerprint density at radius 3 is 2.33 bits per heavy atom. The molecule has 1 aromatic heterocycles. The summed E-state index contributed by atoms with van der Waals surface area (Å²) in [5, 5.41) is 19.9. The molecule has 1 heterocycles. The minimum atomic E-state index is -0.704. The highest BCUT2D eigenvalue weighted by atomic mass is 16.6. The lowest BCUT2D eigenvalue weighted by atomic mass is 10.1. The van der Waals surface area contributed by atoms with Crippen molar-refractivity contribution in [1.82, 2.24) is 9.47 Å². The van der Waals surface area contributed by atoms with Crippen molar-refractivity contribution in [1.29, 1.82) is 5.26 Å². The van der Waals surface area contributed by atoms with Gasteiger partial charge in [0.25, 0.3) is 11.2 Å². The maximum absolute atomic E-state index is 12.7. The zero-order valence-electron chi connectivity index (χ0n) is 14.4. The van der Waals surface area contributed by atoms with E-state index in [0.717, 1.165) is 29.7 Å². The van der Waals surface area contributed by atoms with Crippen molar-refractivity contribution in [3.05, 3.63) is 38.3 Å². The minimum absolute atomic E-state index is 0.0164. The molecule has 0 aliphatic rings. The molecule has 0 aromatic carbocycles. The number of hydrogen-bond donors (Lipinski definition) is 0. The van der Waals surface area contributed by atoms with Gasteiger partial charge in [-0.05, 0) is 26.7 Å². The molecule has 0 saturated carbocycles. The summed E-state index contributed by atoms with van der Waals surface area (Å²) in [6.45, 7) is 7.42. The maximum Gasteiger partial charge on any atom is 0.287 e. The van der Waals surface area contributed by atoms with Gasteiger partial charge >= 0.3 is 0 Å². The fraction of sp³-hybridized carbons (Fsp3) is 0.562. The number of nitriles is 1. The molecule has 1 rings (SSSR count). The summed E-state index contributed by atoms with van der Waals surface area (Å²) < 4.78 is 0.941. The topological polar surface area (TPSA) is 109 Å². The SMILES string of the molecule is CC[C@@H](C)N(C(=O)Cn1cc([N+](=O)[O-])cc(C#N)c1=O)[C@@H](C)CC. The average molecular weight is 334 g/mol. The van der Waals surface area contributed by atoms with Crippen molar-refractivity contribution >= 4 is 11.6 Å². The summed E-state index contributed by atoms with van der Waals surface area (Å²) in [4.78, 5) is 36.8. The van der Waals surface area contributed by atoms with Gasteiger partial charge in [-0.1, -0.05) is 13.8 Å². The van der Waals surface area contributed by atoms with Gasteiger partial charge in [0.05, 0.1) is 11.1 Å². The van der Waals surface area contributed by atoms with Crippen LogP contribution in [0, 0.1) is 21.4 Å². The van der Waals surface area contributed by atoms with E-state index in [9.17, 15) is 19.7 Å². The fourth-order valence-corrected chi connectivity index (χ4v) is 2.46. The molecule has 0 radical (unpaired) electrons. The summed E-state index contributed by atoms with van der Waals surface area (Å²) in [6, 6.07) is 2.53. The number of nitrogens with zero attached hydrogens (tertiary/aromatic N) is 4. The molecular formula is C16H22N4O4. The molecule has 0 aliphatic carbocycles. The van der Waals surface area contributed by atoms with Crippen LogP contribution in [0.5, 0.6) is 0 Å². The van der Waals surface area contributed by atoms with E-state index in [1.807, 2.05) is 27.7 Å². The zero-order valence-corrected chi connectivity index (χ0v) is 14.4. The molecule has 0 N–H and O–H groups in total. The van der Waals surface area contributed by atoms with Crippen LogP contribution in [0.3, 0.4) is 0 Å². The normalized spacial score (nSPS) is 13.0. The lowest BCUT2D eigenvalue weighted by molar-refractivity contribution is -0.385. The van der Waals surface area contributed by atoms with Crippen molar-refractivity contribution in [2.75, 3.05) is 0 Å². The first kappa shape index (κ1) is 19.4. The monoisotopic (exact) mass is 334 g/mol. The average Bonchev–Trinajstić information content (AvgIpc) is 2.55. The van der Waals surface area contributed by atoms with Gasteiger partial charge < -0.3 is 4.90 Å². The second-order valence-corrected chi connectivity index (χ2v) is 5.73. The Hall–Kier alpha value is -2.69. The van der Waals surface area contributed by atoms with E-state index in [2.05, 4.69) is 0 Å². The molecule has 24 heavy (non-hydrogen) atoms. The molecule has 0 spiro atoms. The lowest BCUT2D eigenvalue weighted by Crippen LogP contribution is -2.46. The first-order valence-corrected chi connectivity index (χ1v) is 7.86. The summed E-state index contributed by atoms with van der Waals surface area (Å²) in [5.74, 6) is -0.301. The third-order valence-corrected chi connectivity index (χ3v) is 4.13. The highest BCUT2D eigenvalue weighted by Gasteiger charge is 2.25. The summed E-state index contributed by atoms with van der Waals surface area (Å²) in [5.41, 5.74) is -1.45. The Labute approximate surface area is 140 Å². The van der Waals surface area contributed by atoms with Gasteiger partial charge in [-0.25, -0.2) is 0 Å². The number of nitro groups is 1. The highest BCUT2D eigenvalue weighted by molar-refractivity contribution is 5.76. The van der Waals surface area contributed by atoms with Crippen LogP contribution in [0.4, 0.5) is 5.69 Å². The van der Waals surface area contributed by atoms with Gasteiger partial charge in [-0.3, -0.25) is 24.3 Å². The smallest absolute Gasteiger partial charge is 0.287 e. The first-order chi connectivity index (χ1) is 11.3. The number of amides is 1. The minimum Gasteiger partial charge on any atom is -0.336 e. The Balaban J connectivity index is 3.26. The Kier molecular flexibility index (Phi) is 6.65. The molecular weight excluding hydrogens is 312 g/mol. The number of rotatable bonds is 7. The molecule has 8 nitrogen and oxygen atoms in total. The first-order valence-electron chi connectivity index (χ1n) is 7.86. The molecule has 0 saturated heterocycles. The number of carbonyl (C=O) groups excluding carboxylic acids is 1. The molecule has 0 aliphatic heterocycles. The molecule has 0 unspecified atom stereocenters. The predicted molar refractivity (Wildman–Crippen MR) is 88.4 cm³/mol. The quantitative estimate of drug-likeness (QED) is 0.560. The van der Waals surface area contributed by atoms with Crippen LogP contribution in [0.1, 0.15) is 46.1 Å². The number of carbonyl (C=O) groups is 1. The molecule has 8 heteroatoms. The maximum atomic E-state index is 12.7. The van der Waals surface area contributed by atoms with Crippen molar-refractivity contribution in [2.45, 2.75) is 59.2 Å². The van der Waals surface area contributed by atoms with Gasteiger partial charge in [0, 0.05) is 18.2 Å².